The molecular weight excluding hydrogens is 392 g/mol. The first-order valence-electron chi connectivity index (χ1n) is 10.8. The Kier molecular flexibility index (Phi) is 7.51. The van der Waals surface area contributed by atoms with Gasteiger partial charge >= 0.3 is 5.97 Å². The van der Waals surface area contributed by atoms with Crippen LogP contribution >= 0.6 is 0 Å². The number of ether oxygens (including phenoxy) is 1. The van der Waals surface area contributed by atoms with E-state index in [-0.39, 0.29) is 11.9 Å². The predicted octanol–water partition coefficient (Wildman–Crippen LogP) is 3.09. The van der Waals surface area contributed by atoms with E-state index in [9.17, 15) is 9.59 Å². The van der Waals surface area contributed by atoms with Gasteiger partial charge in [0, 0.05) is 62.8 Å². The number of methoxy groups -OCH3 is 1. The molecule has 168 valence electrons. The summed E-state index contributed by atoms with van der Waals surface area (Å²) in [5.74, 6) is -0.310. The molecule has 0 unspecified atom stereocenters. The summed E-state index contributed by atoms with van der Waals surface area (Å²) in [6.07, 6.45) is 1.09. The molecule has 0 aliphatic carbocycles. The summed E-state index contributed by atoms with van der Waals surface area (Å²) in [7, 11) is 3.45. The van der Waals surface area contributed by atoms with Crippen molar-refractivity contribution in [1.29, 1.82) is 0 Å². The molecule has 7 nitrogen and oxygen atoms in total. The summed E-state index contributed by atoms with van der Waals surface area (Å²) >= 11 is 0. The van der Waals surface area contributed by atoms with Crippen molar-refractivity contribution in [1.82, 2.24) is 14.4 Å². The van der Waals surface area contributed by atoms with E-state index in [1.165, 1.54) is 19.6 Å². The second kappa shape index (κ2) is 10.1. The van der Waals surface area contributed by atoms with E-state index < -0.39 is 0 Å². The third-order valence-electron chi connectivity index (χ3n) is 6.24. The van der Waals surface area contributed by atoms with E-state index >= 15 is 0 Å². The third-order valence-corrected chi connectivity index (χ3v) is 6.24. The number of nitrogens with zero attached hydrogens (tertiary/aromatic N) is 3. The SMILES string of the molecule is COC(=O)c1c(CN2CCCN(Cc3ccc(NC(C)=O)cc3)CC2)c(C)n(C)c1C. The second-order valence-corrected chi connectivity index (χ2v) is 8.36. The van der Waals surface area contributed by atoms with Crippen LogP contribution in [-0.4, -0.2) is 59.5 Å². The average molecular weight is 427 g/mol. The molecule has 1 aliphatic rings. The van der Waals surface area contributed by atoms with Crippen LogP contribution in [0, 0.1) is 13.8 Å². The number of benzene rings is 1. The van der Waals surface area contributed by atoms with Crippen molar-refractivity contribution in [3.05, 3.63) is 52.3 Å². The maximum Gasteiger partial charge on any atom is 0.340 e. The molecule has 0 saturated carbocycles. The Bertz CT molecular complexity index is 933. The maximum absolute atomic E-state index is 12.4. The second-order valence-electron chi connectivity index (χ2n) is 8.36. The molecule has 1 aromatic carbocycles. The molecule has 7 heteroatoms. The Balaban J connectivity index is 1.63. The minimum atomic E-state index is -0.254. The van der Waals surface area contributed by atoms with Gasteiger partial charge in [0.05, 0.1) is 12.7 Å². The molecule has 0 atom stereocenters. The standard InChI is InChI=1S/C24H34N4O3/c1-17-22(23(24(30)31-5)18(2)26(17)4)16-28-12-6-11-27(13-14-28)15-20-7-9-21(10-8-20)25-19(3)29/h7-10H,6,11-16H2,1-5H3,(H,25,29). The van der Waals surface area contributed by atoms with Crippen LogP contribution in [0.25, 0.3) is 0 Å². The molecule has 2 aromatic rings. The fraction of sp³-hybridized carbons (Fsp3) is 0.500. The monoisotopic (exact) mass is 426 g/mol. The molecule has 1 amide bonds. The van der Waals surface area contributed by atoms with Crippen LogP contribution in [0.4, 0.5) is 5.69 Å². The van der Waals surface area contributed by atoms with E-state index in [1.54, 1.807) is 0 Å². The normalized spacial score (nSPS) is 15.5. The van der Waals surface area contributed by atoms with Crippen LogP contribution in [0.2, 0.25) is 0 Å². The number of carbonyl (C=O) groups is 2. The highest BCUT2D eigenvalue weighted by molar-refractivity contribution is 5.93. The Morgan fingerprint density at radius 1 is 0.968 bits per heavy atom. The third kappa shape index (κ3) is 5.54. The molecule has 1 aromatic heterocycles. The van der Waals surface area contributed by atoms with Crippen molar-refractivity contribution >= 4 is 17.6 Å². The Hall–Kier alpha value is -2.64. The van der Waals surface area contributed by atoms with Crippen molar-refractivity contribution in [2.75, 3.05) is 38.6 Å². The molecule has 1 fully saturated rings. The highest BCUT2D eigenvalue weighted by Gasteiger charge is 2.25. The van der Waals surface area contributed by atoms with Crippen LogP contribution in [0.15, 0.2) is 24.3 Å². The fourth-order valence-electron chi connectivity index (χ4n) is 4.31. The lowest BCUT2D eigenvalue weighted by Gasteiger charge is -2.22. The van der Waals surface area contributed by atoms with Crippen LogP contribution in [-0.2, 0) is 29.7 Å². The van der Waals surface area contributed by atoms with Crippen molar-refractivity contribution in [3.63, 3.8) is 0 Å². The average Bonchev–Trinajstić information content (AvgIpc) is 2.89. The minimum Gasteiger partial charge on any atom is -0.465 e. The van der Waals surface area contributed by atoms with Gasteiger partial charge in [0.1, 0.15) is 0 Å². The Labute approximate surface area is 185 Å². The number of hydrogen-bond donors (Lipinski definition) is 1. The molecule has 0 radical (unpaired) electrons. The zero-order valence-electron chi connectivity index (χ0n) is 19.3. The largest absolute Gasteiger partial charge is 0.465 e. The molecule has 3 rings (SSSR count). The first kappa shape index (κ1) is 23.0. The summed E-state index contributed by atoms with van der Waals surface area (Å²) in [4.78, 5) is 28.5. The highest BCUT2D eigenvalue weighted by Crippen LogP contribution is 2.24. The Morgan fingerprint density at radius 3 is 2.16 bits per heavy atom. The van der Waals surface area contributed by atoms with Gasteiger partial charge < -0.3 is 14.6 Å². The smallest absolute Gasteiger partial charge is 0.340 e. The fourth-order valence-corrected chi connectivity index (χ4v) is 4.31. The van der Waals surface area contributed by atoms with E-state index in [2.05, 4.69) is 38.7 Å². The van der Waals surface area contributed by atoms with Crippen molar-refractivity contribution in [2.24, 2.45) is 7.05 Å². The van der Waals surface area contributed by atoms with Gasteiger partial charge in [-0.1, -0.05) is 12.1 Å². The van der Waals surface area contributed by atoms with Crippen molar-refractivity contribution < 1.29 is 14.3 Å². The number of rotatable bonds is 6. The summed E-state index contributed by atoms with van der Waals surface area (Å²) in [6, 6.07) is 8.06. The first-order chi connectivity index (χ1) is 14.8. The molecule has 31 heavy (non-hydrogen) atoms. The van der Waals surface area contributed by atoms with Gasteiger partial charge in [0.2, 0.25) is 5.91 Å². The molecule has 2 heterocycles. The molecule has 1 N–H and O–H groups in total. The number of anilines is 1. The lowest BCUT2D eigenvalue weighted by molar-refractivity contribution is -0.114. The number of aromatic nitrogens is 1. The number of nitrogens with one attached hydrogen (secondary N) is 1. The molecule has 1 aliphatic heterocycles. The van der Waals surface area contributed by atoms with Gasteiger partial charge in [-0.3, -0.25) is 14.6 Å². The van der Waals surface area contributed by atoms with Crippen LogP contribution in [0.1, 0.15) is 46.2 Å². The number of esters is 1. The van der Waals surface area contributed by atoms with Gasteiger partial charge in [-0.2, -0.15) is 0 Å². The zero-order valence-corrected chi connectivity index (χ0v) is 19.3. The summed E-state index contributed by atoms with van der Waals surface area (Å²) in [5.41, 5.74) is 5.94. The van der Waals surface area contributed by atoms with Crippen molar-refractivity contribution in [2.45, 2.75) is 40.3 Å². The lowest BCUT2D eigenvalue weighted by atomic mass is 10.1. The van der Waals surface area contributed by atoms with E-state index in [1.807, 2.05) is 26.1 Å². The van der Waals surface area contributed by atoms with Gasteiger partial charge in [-0.15, -0.1) is 0 Å². The van der Waals surface area contributed by atoms with Crippen LogP contribution in [0.3, 0.4) is 0 Å². The number of hydrogen-bond acceptors (Lipinski definition) is 5. The minimum absolute atomic E-state index is 0.0560. The van der Waals surface area contributed by atoms with Crippen molar-refractivity contribution in [3.8, 4) is 0 Å². The van der Waals surface area contributed by atoms with E-state index in [0.29, 0.717) is 5.56 Å². The van der Waals surface area contributed by atoms with Gasteiger partial charge in [0.25, 0.3) is 0 Å². The lowest BCUT2D eigenvalue weighted by Crippen LogP contribution is -2.30. The summed E-state index contributed by atoms with van der Waals surface area (Å²) in [6.45, 7) is 11.2. The maximum atomic E-state index is 12.4. The quantitative estimate of drug-likeness (QED) is 0.719. The first-order valence-corrected chi connectivity index (χ1v) is 10.8. The topological polar surface area (TPSA) is 66.8 Å². The van der Waals surface area contributed by atoms with Crippen LogP contribution < -0.4 is 5.32 Å². The molecular formula is C24H34N4O3. The summed E-state index contributed by atoms with van der Waals surface area (Å²) < 4.78 is 7.13. The Morgan fingerprint density at radius 2 is 1.58 bits per heavy atom. The van der Waals surface area contributed by atoms with Gasteiger partial charge in [-0.25, -0.2) is 4.79 Å². The molecule has 0 spiro atoms. The molecule has 0 bridgehead atoms. The van der Waals surface area contributed by atoms with Gasteiger partial charge in [0.15, 0.2) is 0 Å². The van der Waals surface area contributed by atoms with E-state index in [0.717, 1.165) is 68.3 Å². The number of carbonyl (C=O) groups excluding carboxylic acids is 2. The van der Waals surface area contributed by atoms with Gasteiger partial charge in [-0.05, 0) is 51.1 Å². The summed E-state index contributed by atoms with van der Waals surface area (Å²) in [5, 5.41) is 2.81. The number of amides is 1. The zero-order chi connectivity index (χ0) is 22.5. The van der Waals surface area contributed by atoms with E-state index in [4.69, 9.17) is 4.74 Å². The predicted molar refractivity (Wildman–Crippen MR) is 122 cm³/mol. The molecule has 1 saturated heterocycles. The highest BCUT2D eigenvalue weighted by atomic mass is 16.5. The van der Waals surface area contributed by atoms with Crippen LogP contribution in [0.5, 0.6) is 0 Å².